The highest BCUT2D eigenvalue weighted by Crippen LogP contribution is 2.32. The summed E-state index contributed by atoms with van der Waals surface area (Å²) in [6.07, 6.45) is 0.788. The Morgan fingerprint density at radius 2 is 1.95 bits per heavy atom. The molecule has 2 aromatic carbocycles. The van der Waals surface area contributed by atoms with Gasteiger partial charge in [-0.15, -0.1) is 11.6 Å². The monoisotopic (exact) mass is 372 g/mol. The molecule has 1 nitrogen and oxygen atoms in total. The lowest BCUT2D eigenvalue weighted by Crippen LogP contribution is -2.06. The van der Waals surface area contributed by atoms with Gasteiger partial charge in [-0.05, 0) is 41.8 Å². The van der Waals surface area contributed by atoms with Crippen LogP contribution >= 0.6 is 39.1 Å². The van der Waals surface area contributed by atoms with E-state index in [0.717, 1.165) is 32.8 Å². The maximum Gasteiger partial charge on any atom is 0.122 e. The molecule has 0 aliphatic carbocycles. The molecule has 0 aliphatic heterocycles. The van der Waals surface area contributed by atoms with Crippen molar-refractivity contribution in [3.63, 3.8) is 0 Å². The molecule has 0 heterocycles. The maximum absolute atomic E-state index is 6.27. The molecule has 0 bridgehead atoms. The molecule has 0 amide bonds. The van der Waals surface area contributed by atoms with Crippen LogP contribution in [0.1, 0.15) is 17.0 Å². The van der Waals surface area contributed by atoms with E-state index in [1.165, 1.54) is 0 Å². The van der Waals surface area contributed by atoms with Crippen molar-refractivity contribution in [2.24, 2.45) is 0 Å². The van der Waals surface area contributed by atoms with Crippen molar-refractivity contribution < 1.29 is 4.74 Å². The number of methoxy groups -OCH3 is 1. The Labute approximate surface area is 138 Å². The van der Waals surface area contributed by atoms with E-state index in [-0.39, 0.29) is 5.92 Å². The molecule has 2 aromatic rings. The van der Waals surface area contributed by atoms with Gasteiger partial charge >= 0.3 is 0 Å². The third kappa shape index (κ3) is 3.69. The molecule has 0 saturated carbocycles. The Morgan fingerprint density at radius 3 is 2.60 bits per heavy atom. The summed E-state index contributed by atoms with van der Waals surface area (Å²) < 4.78 is 6.44. The summed E-state index contributed by atoms with van der Waals surface area (Å²) in [5.74, 6) is 1.54. The first-order valence-electron chi connectivity index (χ1n) is 6.28. The molecule has 1 atom stereocenters. The van der Waals surface area contributed by atoms with Gasteiger partial charge < -0.3 is 4.74 Å². The summed E-state index contributed by atoms with van der Waals surface area (Å²) in [6, 6.07) is 13.8. The first kappa shape index (κ1) is 15.7. The number of halogens is 3. The summed E-state index contributed by atoms with van der Waals surface area (Å²) in [7, 11) is 1.68. The van der Waals surface area contributed by atoms with Gasteiger partial charge in [-0.25, -0.2) is 0 Å². The van der Waals surface area contributed by atoms with E-state index in [9.17, 15) is 0 Å². The van der Waals surface area contributed by atoms with Crippen molar-refractivity contribution in [1.82, 2.24) is 0 Å². The summed E-state index contributed by atoms with van der Waals surface area (Å²) in [4.78, 5) is 0. The molecule has 2 rings (SSSR count). The molecule has 0 N–H and O–H groups in total. The highest BCUT2D eigenvalue weighted by molar-refractivity contribution is 9.10. The smallest absolute Gasteiger partial charge is 0.122 e. The van der Waals surface area contributed by atoms with E-state index in [1.54, 1.807) is 7.11 Å². The van der Waals surface area contributed by atoms with Gasteiger partial charge in [0.2, 0.25) is 0 Å². The minimum absolute atomic E-state index is 0.161. The van der Waals surface area contributed by atoms with Crippen LogP contribution in [0, 0.1) is 0 Å². The van der Waals surface area contributed by atoms with Crippen LogP contribution < -0.4 is 4.74 Å². The van der Waals surface area contributed by atoms with Crippen LogP contribution in [-0.2, 0) is 6.42 Å². The largest absolute Gasteiger partial charge is 0.496 e. The van der Waals surface area contributed by atoms with E-state index in [0.29, 0.717) is 5.88 Å². The van der Waals surface area contributed by atoms with Gasteiger partial charge in [0.25, 0.3) is 0 Å². The van der Waals surface area contributed by atoms with Crippen LogP contribution in [0.25, 0.3) is 0 Å². The average molecular weight is 374 g/mol. The highest BCUT2D eigenvalue weighted by atomic mass is 79.9. The fourth-order valence-corrected chi connectivity index (χ4v) is 3.20. The zero-order valence-electron chi connectivity index (χ0n) is 11.1. The Bertz CT molecular complexity index is 586. The summed E-state index contributed by atoms with van der Waals surface area (Å²) in [5, 5.41) is 0.757. The number of benzene rings is 2. The van der Waals surface area contributed by atoms with Gasteiger partial charge in [-0.3, -0.25) is 0 Å². The van der Waals surface area contributed by atoms with E-state index in [4.69, 9.17) is 27.9 Å². The second-order valence-electron chi connectivity index (χ2n) is 4.53. The minimum Gasteiger partial charge on any atom is -0.496 e. The number of alkyl halides is 1. The number of ether oxygens (including phenoxy) is 1. The van der Waals surface area contributed by atoms with Gasteiger partial charge in [0.15, 0.2) is 0 Å². The zero-order chi connectivity index (χ0) is 14.5. The first-order valence-corrected chi connectivity index (χ1v) is 7.99. The molecule has 0 aromatic heterocycles. The summed E-state index contributed by atoms with van der Waals surface area (Å²) >= 11 is 15.9. The van der Waals surface area contributed by atoms with E-state index in [1.807, 2.05) is 36.4 Å². The second kappa shape index (κ2) is 7.35. The zero-order valence-corrected chi connectivity index (χ0v) is 14.2. The maximum atomic E-state index is 6.27. The van der Waals surface area contributed by atoms with Crippen LogP contribution in [0.5, 0.6) is 5.75 Å². The van der Waals surface area contributed by atoms with Gasteiger partial charge in [-0.2, -0.15) is 0 Å². The van der Waals surface area contributed by atoms with Crippen molar-refractivity contribution in [3.05, 3.63) is 63.1 Å². The van der Waals surface area contributed by atoms with Gasteiger partial charge in [-0.1, -0.05) is 45.7 Å². The summed E-state index contributed by atoms with van der Waals surface area (Å²) in [5.41, 5.74) is 2.19. The molecule has 1 unspecified atom stereocenters. The van der Waals surface area contributed by atoms with Crippen LogP contribution in [0.4, 0.5) is 0 Å². The fourth-order valence-electron chi connectivity index (χ4n) is 2.23. The number of rotatable bonds is 5. The molecule has 0 radical (unpaired) electrons. The molecule has 20 heavy (non-hydrogen) atoms. The lowest BCUT2D eigenvalue weighted by atomic mass is 9.93. The predicted molar refractivity (Wildman–Crippen MR) is 89.3 cm³/mol. The SMILES string of the molecule is COc1ccc(Br)cc1CC(CCl)c1ccccc1Cl. The Hall–Kier alpha value is -0.700. The van der Waals surface area contributed by atoms with Crippen LogP contribution in [0.15, 0.2) is 46.9 Å². The lowest BCUT2D eigenvalue weighted by Gasteiger charge is -2.18. The fraction of sp³-hybridized carbons (Fsp3) is 0.250. The first-order chi connectivity index (χ1) is 9.65. The van der Waals surface area contributed by atoms with Gasteiger partial charge in [0, 0.05) is 21.3 Å². The Kier molecular flexibility index (Phi) is 5.76. The Morgan fingerprint density at radius 1 is 1.20 bits per heavy atom. The summed E-state index contributed by atoms with van der Waals surface area (Å²) in [6.45, 7) is 0. The van der Waals surface area contributed by atoms with Crippen molar-refractivity contribution in [3.8, 4) is 5.75 Å². The van der Waals surface area contributed by atoms with E-state index in [2.05, 4.69) is 22.0 Å². The lowest BCUT2D eigenvalue weighted by molar-refractivity contribution is 0.408. The van der Waals surface area contributed by atoms with Gasteiger partial charge in [0.05, 0.1) is 7.11 Å². The van der Waals surface area contributed by atoms with Crippen LogP contribution in [0.2, 0.25) is 5.02 Å². The molecule has 0 aliphatic rings. The highest BCUT2D eigenvalue weighted by Gasteiger charge is 2.16. The van der Waals surface area contributed by atoms with Gasteiger partial charge in [0.1, 0.15) is 5.75 Å². The Balaban J connectivity index is 2.31. The van der Waals surface area contributed by atoms with E-state index < -0.39 is 0 Å². The second-order valence-corrected chi connectivity index (χ2v) is 6.16. The van der Waals surface area contributed by atoms with Crippen molar-refractivity contribution in [2.45, 2.75) is 12.3 Å². The van der Waals surface area contributed by atoms with E-state index >= 15 is 0 Å². The molecule has 0 spiro atoms. The van der Waals surface area contributed by atoms with Crippen molar-refractivity contribution in [2.75, 3.05) is 13.0 Å². The molecule has 0 saturated heterocycles. The molecule has 106 valence electrons. The molecular formula is C16H15BrCl2O. The standard InChI is InChI=1S/C16H15BrCl2O/c1-20-16-7-6-13(17)9-11(16)8-12(10-18)14-4-2-3-5-15(14)19/h2-7,9,12H,8,10H2,1H3. The normalized spacial score (nSPS) is 12.2. The topological polar surface area (TPSA) is 9.23 Å². The predicted octanol–water partition coefficient (Wildman–Crippen LogP) is 5.68. The van der Waals surface area contributed by atoms with Crippen LogP contribution in [-0.4, -0.2) is 13.0 Å². The van der Waals surface area contributed by atoms with Crippen molar-refractivity contribution >= 4 is 39.1 Å². The third-order valence-electron chi connectivity index (χ3n) is 3.24. The number of hydrogen-bond donors (Lipinski definition) is 0. The molecular weight excluding hydrogens is 359 g/mol. The molecule has 4 heteroatoms. The average Bonchev–Trinajstić information content (AvgIpc) is 2.46. The molecule has 0 fully saturated rings. The quantitative estimate of drug-likeness (QED) is 0.613. The number of hydrogen-bond acceptors (Lipinski definition) is 1. The minimum atomic E-state index is 0.161. The third-order valence-corrected chi connectivity index (χ3v) is 4.45. The van der Waals surface area contributed by atoms with Crippen LogP contribution in [0.3, 0.4) is 0 Å². The van der Waals surface area contributed by atoms with Crippen molar-refractivity contribution in [1.29, 1.82) is 0 Å².